The molecule has 0 saturated carbocycles. The maximum atomic E-state index is 13.2. The lowest BCUT2D eigenvalue weighted by molar-refractivity contribution is -0.0328. The predicted molar refractivity (Wildman–Crippen MR) is 115 cm³/mol. The van der Waals surface area contributed by atoms with Gasteiger partial charge in [0.15, 0.2) is 0 Å². The van der Waals surface area contributed by atoms with Gasteiger partial charge in [-0.2, -0.15) is 13.2 Å². The molecule has 4 aromatic rings. The Morgan fingerprint density at radius 1 is 1.09 bits per heavy atom. The van der Waals surface area contributed by atoms with Gasteiger partial charge in [-0.05, 0) is 60.6 Å². The topological polar surface area (TPSA) is 80.3 Å². The second-order valence-corrected chi connectivity index (χ2v) is 8.26. The van der Waals surface area contributed by atoms with E-state index in [-0.39, 0.29) is 34.6 Å². The van der Waals surface area contributed by atoms with E-state index >= 15 is 0 Å². The molecule has 0 fully saturated rings. The molecule has 0 aliphatic carbocycles. The molecule has 2 aromatic heterocycles. The van der Waals surface area contributed by atoms with Gasteiger partial charge in [0.2, 0.25) is 5.88 Å². The van der Waals surface area contributed by atoms with Crippen LogP contribution in [0, 0.1) is 0 Å². The van der Waals surface area contributed by atoms with Crippen molar-refractivity contribution in [2.75, 3.05) is 0 Å². The lowest BCUT2D eigenvalue weighted by Gasteiger charge is -2.11. The van der Waals surface area contributed by atoms with Crippen molar-refractivity contribution < 1.29 is 23.4 Å². The van der Waals surface area contributed by atoms with Crippen molar-refractivity contribution in [3.05, 3.63) is 82.5 Å². The first-order chi connectivity index (χ1) is 15.2. The molecule has 0 radical (unpaired) electrons. The number of aliphatic hydroxyl groups is 1. The summed E-state index contributed by atoms with van der Waals surface area (Å²) in [5.41, 5.74) is -3.39. The van der Waals surface area contributed by atoms with Crippen LogP contribution in [0.15, 0.2) is 70.5 Å². The summed E-state index contributed by atoms with van der Waals surface area (Å²) < 4.78 is 40.0. The SMILES string of the molecule is C[C@@H](O)c1c(O)n(-c2ccc(SC(F)(F)F)cc2)c(=O)n1Cc1ccnc2ccccc12. The van der Waals surface area contributed by atoms with Crippen LogP contribution in [0.1, 0.15) is 24.3 Å². The summed E-state index contributed by atoms with van der Waals surface area (Å²) in [4.78, 5) is 17.5. The predicted octanol–water partition coefficient (Wildman–Crippen LogP) is 4.61. The monoisotopic (exact) mass is 461 g/mol. The average Bonchev–Trinajstić information content (AvgIpc) is 2.97. The van der Waals surface area contributed by atoms with E-state index in [9.17, 15) is 28.2 Å². The molecule has 0 aliphatic heterocycles. The zero-order valence-electron chi connectivity index (χ0n) is 16.7. The van der Waals surface area contributed by atoms with E-state index in [0.29, 0.717) is 0 Å². The molecule has 32 heavy (non-hydrogen) atoms. The number of aromatic hydroxyl groups is 1. The van der Waals surface area contributed by atoms with Crippen LogP contribution in [0.3, 0.4) is 0 Å². The van der Waals surface area contributed by atoms with E-state index in [1.54, 1.807) is 12.3 Å². The highest BCUT2D eigenvalue weighted by Gasteiger charge is 2.29. The van der Waals surface area contributed by atoms with Gasteiger partial charge in [-0.3, -0.25) is 9.55 Å². The van der Waals surface area contributed by atoms with Crippen molar-refractivity contribution in [2.24, 2.45) is 0 Å². The van der Waals surface area contributed by atoms with Crippen LogP contribution in [-0.2, 0) is 6.54 Å². The lowest BCUT2D eigenvalue weighted by Crippen LogP contribution is -2.25. The Hall–Kier alpha value is -3.24. The van der Waals surface area contributed by atoms with Crippen LogP contribution in [0.25, 0.3) is 16.6 Å². The Bertz CT molecular complexity index is 1320. The molecule has 0 unspecified atom stereocenters. The van der Waals surface area contributed by atoms with Gasteiger partial charge in [0.1, 0.15) is 5.69 Å². The number of hydrogen-bond donors (Lipinski definition) is 2. The minimum absolute atomic E-state index is 0.00429. The molecule has 166 valence electrons. The molecule has 1 atom stereocenters. The number of nitrogens with zero attached hydrogens (tertiary/aromatic N) is 3. The second-order valence-electron chi connectivity index (χ2n) is 7.12. The van der Waals surface area contributed by atoms with Crippen molar-refractivity contribution >= 4 is 22.7 Å². The molecule has 0 bridgehead atoms. The first-order valence-corrected chi connectivity index (χ1v) is 10.4. The summed E-state index contributed by atoms with van der Waals surface area (Å²) >= 11 is -0.272. The first kappa shape index (κ1) is 22.0. The molecule has 4 rings (SSSR count). The lowest BCUT2D eigenvalue weighted by atomic mass is 10.1. The number of thioether (sulfide) groups is 1. The first-order valence-electron chi connectivity index (χ1n) is 9.57. The molecule has 0 aliphatic rings. The van der Waals surface area contributed by atoms with Crippen molar-refractivity contribution in [3.8, 4) is 11.6 Å². The molecule has 2 aromatic carbocycles. The van der Waals surface area contributed by atoms with Gasteiger partial charge in [-0.25, -0.2) is 9.36 Å². The van der Waals surface area contributed by atoms with Crippen molar-refractivity contribution in [1.29, 1.82) is 0 Å². The number of rotatable bonds is 5. The third-order valence-corrected chi connectivity index (χ3v) is 5.69. The second kappa shape index (κ2) is 8.36. The minimum Gasteiger partial charge on any atom is -0.493 e. The van der Waals surface area contributed by atoms with Crippen molar-refractivity contribution in [1.82, 2.24) is 14.1 Å². The van der Waals surface area contributed by atoms with Crippen LogP contribution in [0.4, 0.5) is 13.2 Å². The highest BCUT2D eigenvalue weighted by atomic mass is 32.2. The van der Waals surface area contributed by atoms with Gasteiger partial charge >= 0.3 is 11.2 Å². The van der Waals surface area contributed by atoms with Gasteiger partial charge < -0.3 is 10.2 Å². The fourth-order valence-corrected chi connectivity index (χ4v) is 4.15. The number of alkyl halides is 3. The summed E-state index contributed by atoms with van der Waals surface area (Å²) in [6, 6.07) is 14.2. The molecule has 2 N–H and O–H groups in total. The zero-order valence-corrected chi connectivity index (χ0v) is 17.6. The molecule has 10 heteroatoms. The summed E-state index contributed by atoms with van der Waals surface area (Å²) in [5.74, 6) is -0.473. The Labute approximate surface area is 184 Å². The van der Waals surface area contributed by atoms with Gasteiger partial charge in [0, 0.05) is 16.5 Å². The zero-order chi connectivity index (χ0) is 23.0. The van der Waals surface area contributed by atoms with Crippen LogP contribution in [0.2, 0.25) is 0 Å². The van der Waals surface area contributed by atoms with Crippen LogP contribution in [0.5, 0.6) is 5.88 Å². The molecular formula is C22H18F3N3O3S. The van der Waals surface area contributed by atoms with Crippen LogP contribution in [-0.4, -0.2) is 29.8 Å². The van der Waals surface area contributed by atoms with Gasteiger partial charge in [-0.15, -0.1) is 0 Å². The van der Waals surface area contributed by atoms with Gasteiger partial charge in [0.05, 0.1) is 23.9 Å². The standard InChI is InChI=1S/C22H18F3N3O3S/c1-13(29)19-20(30)28(15-6-8-16(9-7-15)32-22(23,24)25)21(31)27(19)12-14-10-11-26-18-5-3-2-4-17(14)18/h2-11,13,29-30H,12H2,1H3/t13-/m1/s1. The largest absolute Gasteiger partial charge is 0.493 e. The summed E-state index contributed by atoms with van der Waals surface area (Å²) in [6.07, 6.45) is 0.440. The fourth-order valence-electron chi connectivity index (χ4n) is 3.61. The molecule has 2 heterocycles. The third-order valence-electron chi connectivity index (χ3n) is 4.95. The molecule has 0 spiro atoms. The number of imidazole rings is 1. The molecule has 6 nitrogen and oxygen atoms in total. The molecule has 0 amide bonds. The smallest absolute Gasteiger partial charge is 0.446 e. The Morgan fingerprint density at radius 2 is 1.78 bits per heavy atom. The maximum Gasteiger partial charge on any atom is 0.446 e. The van der Waals surface area contributed by atoms with Gasteiger partial charge in [-0.1, -0.05) is 18.2 Å². The number of hydrogen-bond acceptors (Lipinski definition) is 5. The van der Waals surface area contributed by atoms with Gasteiger partial charge in [0.25, 0.3) is 0 Å². The maximum absolute atomic E-state index is 13.2. The number of fused-ring (bicyclic) bond motifs is 1. The van der Waals surface area contributed by atoms with E-state index in [1.165, 1.54) is 35.8 Å². The van der Waals surface area contributed by atoms with E-state index in [2.05, 4.69) is 4.98 Å². The Balaban J connectivity index is 1.80. The molecule has 0 saturated heterocycles. The van der Waals surface area contributed by atoms with E-state index in [4.69, 9.17) is 0 Å². The van der Waals surface area contributed by atoms with E-state index in [1.807, 2.05) is 24.3 Å². The van der Waals surface area contributed by atoms with Crippen LogP contribution < -0.4 is 5.69 Å². The average molecular weight is 461 g/mol. The number of pyridine rings is 1. The number of aromatic nitrogens is 3. The highest BCUT2D eigenvalue weighted by Crippen LogP contribution is 2.37. The number of aliphatic hydroxyl groups excluding tert-OH is 1. The summed E-state index contributed by atoms with van der Waals surface area (Å²) in [5, 5.41) is 21.8. The number of benzene rings is 2. The van der Waals surface area contributed by atoms with E-state index < -0.39 is 23.2 Å². The van der Waals surface area contributed by atoms with E-state index in [0.717, 1.165) is 21.0 Å². The molecular weight excluding hydrogens is 443 g/mol. The number of para-hydroxylation sites is 1. The highest BCUT2D eigenvalue weighted by molar-refractivity contribution is 8.00. The third kappa shape index (κ3) is 4.23. The summed E-state index contributed by atoms with van der Waals surface area (Å²) in [7, 11) is 0. The normalized spacial score (nSPS) is 12.9. The minimum atomic E-state index is -4.43. The van der Waals surface area contributed by atoms with Crippen molar-refractivity contribution in [2.45, 2.75) is 30.0 Å². The Morgan fingerprint density at radius 3 is 2.44 bits per heavy atom. The Kier molecular flexibility index (Phi) is 5.74. The summed E-state index contributed by atoms with van der Waals surface area (Å²) in [6.45, 7) is 1.48. The fraction of sp³-hybridized carbons (Fsp3) is 0.182. The number of halogens is 3. The van der Waals surface area contributed by atoms with Crippen molar-refractivity contribution in [3.63, 3.8) is 0 Å². The van der Waals surface area contributed by atoms with Crippen LogP contribution >= 0.6 is 11.8 Å². The quantitative estimate of drug-likeness (QED) is 0.425.